The normalized spacial score (nSPS) is 21.0. The Labute approximate surface area is 223 Å². The average Bonchev–Trinajstić information content (AvgIpc) is 3.84. The highest BCUT2D eigenvalue weighted by Crippen LogP contribution is 2.42. The zero-order valence-electron chi connectivity index (χ0n) is 22.9. The number of rotatable bonds is 14. The number of hydrogen-bond donors (Lipinski definition) is 0. The molecule has 196 valence electrons. The van der Waals surface area contributed by atoms with Gasteiger partial charge in [-0.05, 0) is 86.8 Å². The molecule has 0 aromatic heterocycles. The summed E-state index contributed by atoms with van der Waals surface area (Å²) in [6.45, 7) is 9.77. The molecule has 2 aliphatic heterocycles. The fraction of sp³-hybridized carbons (Fsp3) is 0.412. The van der Waals surface area contributed by atoms with Crippen molar-refractivity contribution >= 4 is 0 Å². The summed E-state index contributed by atoms with van der Waals surface area (Å²) in [5.41, 5.74) is 7.73. The molecule has 4 rings (SSSR count). The Morgan fingerprint density at radius 2 is 1.03 bits per heavy atom. The first-order chi connectivity index (χ1) is 18.2. The van der Waals surface area contributed by atoms with E-state index >= 15 is 0 Å². The molecule has 2 fully saturated rings. The van der Waals surface area contributed by atoms with Gasteiger partial charge in [0.25, 0.3) is 0 Å². The summed E-state index contributed by atoms with van der Waals surface area (Å²) in [7, 11) is 0. The third-order valence-corrected chi connectivity index (χ3v) is 7.04. The summed E-state index contributed by atoms with van der Waals surface area (Å²) in [6.07, 6.45) is 20.9. The maximum Gasteiger partial charge on any atom is 0.112 e. The van der Waals surface area contributed by atoms with Gasteiger partial charge in [-0.15, -0.1) is 0 Å². The van der Waals surface area contributed by atoms with Gasteiger partial charge >= 0.3 is 0 Å². The molecule has 0 aliphatic carbocycles. The average molecular weight is 499 g/mol. The summed E-state index contributed by atoms with van der Waals surface area (Å²) in [6, 6.07) is 13.7. The second-order valence-corrected chi connectivity index (χ2v) is 9.88. The second kappa shape index (κ2) is 13.7. The van der Waals surface area contributed by atoms with Crippen LogP contribution >= 0.6 is 0 Å². The Morgan fingerprint density at radius 3 is 1.38 bits per heavy atom. The highest BCUT2D eigenvalue weighted by atomic mass is 16.6. The maximum atomic E-state index is 7.03. The van der Waals surface area contributed by atoms with Crippen LogP contribution in [-0.4, -0.2) is 25.4 Å². The van der Waals surface area contributed by atoms with Gasteiger partial charge in [-0.1, -0.05) is 85.0 Å². The molecule has 0 N–H and O–H groups in total. The lowest BCUT2D eigenvalue weighted by atomic mass is 9.92. The van der Waals surface area contributed by atoms with E-state index in [9.17, 15) is 0 Å². The van der Waals surface area contributed by atoms with Crippen molar-refractivity contribution in [1.29, 1.82) is 0 Å². The van der Waals surface area contributed by atoms with Gasteiger partial charge in [-0.3, -0.25) is 0 Å². The fourth-order valence-corrected chi connectivity index (χ4v) is 4.82. The minimum absolute atomic E-state index is 0.0833. The van der Waals surface area contributed by atoms with Crippen LogP contribution in [0.2, 0.25) is 0 Å². The van der Waals surface area contributed by atoms with Gasteiger partial charge in [0, 0.05) is 0 Å². The van der Waals surface area contributed by atoms with Crippen LogP contribution in [-0.2, 0) is 39.9 Å². The Hall–Kier alpha value is -2.72. The van der Waals surface area contributed by atoms with Crippen molar-refractivity contribution in [1.82, 2.24) is 0 Å². The molecule has 2 heterocycles. The van der Waals surface area contributed by atoms with E-state index in [2.05, 4.69) is 113 Å². The topological polar surface area (TPSA) is 34.3 Å². The molecule has 37 heavy (non-hydrogen) atoms. The lowest BCUT2D eigenvalue weighted by molar-refractivity contribution is -0.0425. The van der Waals surface area contributed by atoms with Crippen LogP contribution in [0.1, 0.15) is 73.3 Å². The first-order valence-corrected chi connectivity index (χ1v) is 13.7. The molecule has 2 aromatic rings. The SMILES string of the molecule is CC=CCc1ccc(C(OC(c2ccc(CC=CC)cc2CC=CC)C2CO2)C2CO2)c(CC=CC)c1. The monoisotopic (exact) mass is 498 g/mol. The molecule has 0 saturated carbocycles. The van der Waals surface area contributed by atoms with Crippen molar-refractivity contribution in [2.75, 3.05) is 13.2 Å². The highest BCUT2D eigenvalue weighted by molar-refractivity contribution is 5.39. The lowest BCUT2D eigenvalue weighted by Gasteiger charge is -2.27. The molecule has 0 spiro atoms. The van der Waals surface area contributed by atoms with E-state index in [0.29, 0.717) is 0 Å². The van der Waals surface area contributed by atoms with Crippen LogP contribution in [0.15, 0.2) is 85.0 Å². The van der Waals surface area contributed by atoms with Gasteiger partial charge in [0.05, 0.1) is 13.2 Å². The lowest BCUT2D eigenvalue weighted by Crippen LogP contribution is -2.21. The van der Waals surface area contributed by atoms with E-state index in [4.69, 9.17) is 14.2 Å². The van der Waals surface area contributed by atoms with Gasteiger partial charge in [-0.2, -0.15) is 0 Å². The number of benzene rings is 2. The number of allylic oxidation sites excluding steroid dienone is 8. The molecule has 2 aromatic carbocycles. The van der Waals surface area contributed by atoms with Crippen molar-refractivity contribution in [2.24, 2.45) is 0 Å². The van der Waals surface area contributed by atoms with Crippen LogP contribution in [0.25, 0.3) is 0 Å². The minimum Gasteiger partial charge on any atom is -0.370 e. The first kappa shape index (κ1) is 27.3. The number of ether oxygens (including phenoxy) is 3. The van der Waals surface area contributed by atoms with E-state index in [1.165, 1.54) is 33.4 Å². The van der Waals surface area contributed by atoms with Crippen molar-refractivity contribution in [3.8, 4) is 0 Å². The van der Waals surface area contributed by atoms with E-state index in [1.807, 2.05) is 0 Å². The maximum absolute atomic E-state index is 7.03. The molecule has 3 heteroatoms. The zero-order chi connectivity index (χ0) is 26.0. The number of epoxide rings is 2. The largest absolute Gasteiger partial charge is 0.370 e. The van der Waals surface area contributed by atoms with Crippen molar-refractivity contribution < 1.29 is 14.2 Å². The Morgan fingerprint density at radius 1 is 0.649 bits per heavy atom. The minimum atomic E-state index is -0.123. The van der Waals surface area contributed by atoms with E-state index in [0.717, 1.165) is 38.9 Å². The van der Waals surface area contributed by atoms with Crippen molar-refractivity contribution in [3.05, 3.63) is 118 Å². The zero-order valence-corrected chi connectivity index (χ0v) is 22.9. The van der Waals surface area contributed by atoms with Gasteiger partial charge in [0.1, 0.15) is 24.4 Å². The van der Waals surface area contributed by atoms with Crippen LogP contribution in [0.4, 0.5) is 0 Å². The standard InChI is InChI=1S/C34H42O3/c1-5-9-13-25-17-19-29(27(21-25)15-11-7-3)33(31-23-35-31)37-34(32-24-36-32)30-20-18-26(14-10-6-2)22-28(30)16-12-8-4/h5-12,17-22,31-34H,13-16,23-24H2,1-4H3. The molecule has 3 nitrogen and oxygen atoms in total. The second-order valence-electron chi connectivity index (χ2n) is 9.88. The predicted molar refractivity (Wildman–Crippen MR) is 153 cm³/mol. The molecule has 2 saturated heterocycles. The van der Waals surface area contributed by atoms with E-state index in [1.54, 1.807) is 0 Å². The van der Waals surface area contributed by atoms with Crippen LogP contribution in [0.5, 0.6) is 0 Å². The van der Waals surface area contributed by atoms with Crippen LogP contribution in [0.3, 0.4) is 0 Å². The quantitative estimate of drug-likeness (QED) is 0.197. The van der Waals surface area contributed by atoms with E-state index in [-0.39, 0.29) is 24.4 Å². The van der Waals surface area contributed by atoms with E-state index < -0.39 is 0 Å². The van der Waals surface area contributed by atoms with Crippen LogP contribution < -0.4 is 0 Å². The third kappa shape index (κ3) is 7.64. The smallest absolute Gasteiger partial charge is 0.112 e. The summed E-state index contributed by atoms with van der Waals surface area (Å²) < 4.78 is 18.8. The molecule has 0 amide bonds. The Kier molecular flexibility index (Phi) is 10.1. The molecule has 2 aliphatic rings. The predicted octanol–water partition coefficient (Wildman–Crippen LogP) is 7.76. The first-order valence-electron chi connectivity index (χ1n) is 13.7. The van der Waals surface area contributed by atoms with Gasteiger partial charge in [0.2, 0.25) is 0 Å². The highest BCUT2D eigenvalue weighted by Gasteiger charge is 2.43. The summed E-state index contributed by atoms with van der Waals surface area (Å²) >= 11 is 0. The van der Waals surface area contributed by atoms with Crippen LogP contribution in [0, 0.1) is 0 Å². The Bertz CT molecular complexity index is 1040. The third-order valence-electron chi connectivity index (χ3n) is 7.04. The summed E-state index contributed by atoms with van der Waals surface area (Å²) in [5.74, 6) is 0. The Balaban J connectivity index is 1.68. The molecular formula is C34H42O3. The number of hydrogen-bond acceptors (Lipinski definition) is 3. The molecule has 0 bridgehead atoms. The van der Waals surface area contributed by atoms with Crippen molar-refractivity contribution in [3.63, 3.8) is 0 Å². The fourth-order valence-electron chi connectivity index (χ4n) is 4.82. The molecule has 0 radical (unpaired) electrons. The summed E-state index contributed by atoms with van der Waals surface area (Å²) in [4.78, 5) is 0. The van der Waals surface area contributed by atoms with Gasteiger partial charge in [-0.25, -0.2) is 0 Å². The summed E-state index contributed by atoms with van der Waals surface area (Å²) in [5, 5.41) is 0. The van der Waals surface area contributed by atoms with Gasteiger partial charge < -0.3 is 14.2 Å². The molecule has 4 unspecified atom stereocenters. The van der Waals surface area contributed by atoms with Crippen molar-refractivity contribution in [2.45, 2.75) is 77.8 Å². The molecule has 4 atom stereocenters. The van der Waals surface area contributed by atoms with Gasteiger partial charge in [0.15, 0.2) is 0 Å². The molecular weight excluding hydrogens is 456 g/mol.